The van der Waals surface area contributed by atoms with Crippen LogP contribution in [0.2, 0.25) is 0 Å². The highest BCUT2D eigenvalue weighted by Crippen LogP contribution is 2.21. The number of anilines is 1. The van der Waals surface area contributed by atoms with Crippen molar-refractivity contribution in [1.82, 2.24) is 15.6 Å². The average Bonchev–Trinajstić information content (AvgIpc) is 2.78. The summed E-state index contributed by atoms with van der Waals surface area (Å²) in [7, 11) is 0. The van der Waals surface area contributed by atoms with Crippen molar-refractivity contribution in [2.45, 2.75) is 19.5 Å². The van der Waals surface area contributed by atoms with Gasteiger partial charge in [-0.15, -0.1) is 0 Å². The van der Waals surface area contributed by atoms with Crippen LogP contribution in [0, 0.1) is 0 Å². The largest absolute Gasteiger partial charge is 0.378 e. The number of aromatic nitrogens is 1. The van der Waals surface area contributed by atoms with Gasteiger partial charge in [0.25, 0.3) is 0 Å². The topological polar surface area (TPSA) is 66.5 Å². The SMILES string of the molecule is C[C@H](NC(=O)NCc1cccnc1N1CCOCC1)c1ccc2ccccc2c1. The standard InChI is InChI=1S/C23H26N4O2/c1-17(19-9-8-18-5-2-3-6-20(18)15-19)26-23(28)25-16-21-7-4-10-24-22(21)27-11-13-29-14-12-27/h2-10,15,17H,11-14,16H2,1H3,(H2,25,26,28)/t17-/m0/s1. The summed E-state index contributed by atoms with van der Waals surface area (Å²) < 4.78 is 5.42. The maximum atomic E-state index is 12.5. The zero-order valence-electron chi connectivity index (χ0n) is 16.6. The molecule has 0 bridgehead atoms. The number of ether oxygens (including phenoxy) is 1. The number of rotatable bonds is 5. The van der Waals surface area contributed by atoms with E-state index in [-0.39, 0.29) is 12.1 Å². The Bertz CT molecular complexity index is 985. The van der Waals surface area contributed by atoms with Crippen LogP contribution in [-0.4, -0.2) is 37.3 Å². The molecule has 2 N–H and O–H groups in total. The maximum Gasteiger partial charge on any atom is 0.315 e. The number of fused-ring (bicyclic) bond motifs is 1. The molecule has 2 aromatic carbocycles. The number of hydrogen-bond donors (Lipinski definition) is 2. The van der Waals surface area contributed by atoms with E-state index in [9.17, 15) is 4.79 Å². The quantitative estimate of drug-likeness (QED) is 0.698. The molecular formula is C23H26N4O2. The lowest BCUT2D eigenvalue weighted by molar-refractivity contribution is 0.122. The molecule has 0 spiro atoms. The minimum Gasteiger partial charge on any atom is -0.378 e. The number of hydrogen-bond acceptors (Lipinski definition) is 4. The van der Waals surface area contributed by atoms with Crippen LogP contribution in [0.5, 0.6) is 0 Å². The lowest BCUT2D eigenvalue weighted by Gasteiger charge is -2.29. The summed E-state index contributed by atoms with van der Waals surface area (Å²) in [5.41, 5.74) is 2.08. The molecule has 6 heteroatoms. The molecule has 6 nitrogen and oxygen atoms in total. The first kappa shape index (κ1) is 19.2. The van der Waals surface area contributed by atoms with Crippen molar-refractivity contribution < 1.29 is 9.53 Å². The van der Waals surface area contributed by atoms with Crippen LogP contribution in [0.25, 0.3) is 10.8 Å². The summed E-state index contributed by atoms with van der Waals surface area (Å²) in [4.78, 5) is 19.2. The lowest BCUT2D eigenvalue weighted by Crippen LogP contribution is -2.39. The lowest BCUT2D eigenvalue weighted by atomic mass is 10.0. The Labute approximate surface area is 170 Å². The number of urea groups is 1. The number of morpholine rings is 1. The van der Waals surface area contributed by atoms with Crippen molar-refractivity contribution in [3.63, 3.8) is 0 Å². The smallest absolute Gasteiger partial charge is 0.315 e. The van der Waals surface area contributed by atoms with Crippen LogP contribution in [0.3, 0.4) is 0 Å². The number of nitrogens with zero attached hydrogens (tertiary/aromatic N) is 2. The maximum absolute atomic E-state index is 12.5. The van der Waals surface area contributed by atoms with Crippen molar-refractivity contribution in [3.8, 4) is 0 Å². The van der Waals surface area contributed by atoms with Gasteiger partial charge in [0.1, 0.15) is 5.82 Å². The Hall–Kier alpha value is -3.12. The van der Waals surface area contributed by atoms with Crippen molar-refractivity contribution >= 4 is 22.6 Å². The fourth-order valence-electron chi connectivity index (χ4n) is 3.61. The van der Waals surface area contributed by atoms with E-state index in [1.807, 2.05) is 31.2 Å². The molecular weight excluding hydrogens is 364 g/mol. The Kier molecular flexibility index (Phi) is 5.91. The summed E-state index contributed by atoms with van der Waals surface area (Å²) in [6, 6.07) is 18.1. The molecule has 1 saturated heterocycles. The van der Waals surface area contributed by atoms with E-state index in [1.54, 1.807) is 6.20 Å². The predicted octanol–water partition coefficient (Wildman–Crippen LogP) is 3.63. The highest BCUT2D eigenvalue weighted by Gasteiger charge is 2.16. The summed E-state index contributed by atoms with van der Waals surface area (Å²) >= 11 is 0. The normalized spacial score (nSPS) is 15.1. The van der Waals surface area contributed by atoms with Crippen LogP contribution in [0.1, 0.15) is 24.1 Å². The number of amides is 2. The molecule has 3 aromatic rings. The first-order valence-corrected chi connectivity index (χ1v) is 10.0. The van der Waals surface area contributed by atoms with Gasteiger partial charge in [-0.2, -0.15) is 0 Å². The van der Waals surface area contributed by atoms with E-state index in [0.29, 0.717) is 19.8 Å². The van der Waals surface area contributed by atoms with Crippen molar-refractivity contribution in [2.24, 2.45) is 0 Å². The van der Waals surface area contributed by atoms with E-state index < -0.39 is 0 Å². The number of carbonyl (C=O) groups excluding carboxylic acids is 1. The third kappa shape index (κ3) is 4.66. The van der Waals surface area contributed by atoms with Crippen LogP contribution in [0.4, 0.5) is 10.6 Å². The molecule has 0 radical (unpaired) electrons. The van der Waals surface area contributed by atoms with Gasteiger partial charge < -0.3 is 20.3 Å². The minimum absolute atomic E-state index is 0.0905. The van der Waals surface area contributed by atoms with Gasteiger partial charge in [-0.25, -0.2) is 9.78 Å². The molecule has 4 rings (SSSR count). The fourth-order valence-corrected chi connectivity index (χ4v) is 3.61. The second kappa shape index (κ2) is 8.92. The molecule has 29 heavy (non-hydrogen) atoms. The molecule has 0 saturated carbocycles. The molecule has 0 aliphatic carbocycles. The molecule has 1 aromatic heterocycles. The minimum atomic E-state index is -0.192. The molecule has 150 valence electrons. The third-order valence-corrected chi connectivity index (χ3v) is 5.24. The monoisotopic (exact) mass is 390 g/mol. The summed E-state index contributed by atoms with van der Waals surface area (Å²) in [6.07, 6.45) is 1.79. The summed E-state index contributed by atoms with van der Waals surface area (Å²) in [6.45, 7) is 5.45. The van der Waals surface area contributed by atoms with Gasteiger partial charge in [0.15, 0.2) is 0 Å². The van der Waals surface area contributed by atoms with Gasteiger partial charge in [0.2, 0.25) is 0 Å². The van der Waals surface area contributed by atoms with E-state index in [4.69, 9.17) is 4.74 Å². The van der Waals surface area contributed by atoms with E-state index in [2.05, 4.69) is 50.8 Å². The first-order valence-electron chi connectivity index (χ1n) is 10.0. The van der Waals surface area contributed by atoms with Crippen molar-refractivity contribution in [3.05, 3.63) is 71.9 Å². The third-order valence-electron chi connectivity index (χ3n) is 5.24. The first-order chi connectivity index (χ1) is 14.2. The van der Waals surface area contributed by atoms with Gasteiger partial charge in [-0.3, -0.25) is 0 Å². The van der Waals surface area contributed by atoms with Gasteiger partial charge >= 0.3 is 6.03 Å². The van der Waals surface area contributed by atoms with Crippen LogP contribution < -0.4 is 15.5 Å². The Morgan fingerprint density at radius 3 is 2.72 bits per heavy atom. The highest BCUT2D eigenvalue weighted by atomic mass is 16.5. The molecule has 2 amide bonds. The zero-order chi connectivity index (χ0) is 20.1. The molecule has 1 fully saturated rings. The molecule has 0 unspecified atom stereocenters. The van der Waals surface area contributed by atoms with E-state index in [1.165, 1.54) is 10.8 Å². The fraction of sp³-hybridized carbons (Fsp3) is 0.304. The van der Waals surface area contributed by atoms with E-state index >= 15 is 0 Å². The Morgan fingerprint density at radius 2 is 1.90 bits per heavy atom. The van der Waals surface area contributed by atoms with E-state index in [0.717, 1.165) is 30.0 Å². The molecule has 1 atom stereocenters. The van der Waals surface area contributed by atoms with Gasteiger partial charge in [0.05, 0.1) is 19.3 Å². The van der Waals surface area contributed by atoms with Crippen LogP contribution >= 0.6 is 0 Å². The zero-order valence-corrected chi connectivity index (χ0v) is 16.6. The summed E-state index contributed by atoms with van der Waals surface area (Å²) in [5.74, 6) is 0.915. The second-order valence-electron chi connectivity index (χ2n) is 7.24. The van der Waals surface area contributed by atoms with Crippen molar-refractivity contribution in [2.75, 3.05) is 31.2 Å². The molecule has 1 aliphatic heterocycles. The number of carbonyl (C=O) groups is 1. The van der Waals surface area contributed by atoms with Crippen LogP contribution in [0.15, 0.2) is 60.8 Å². The van der Waals surface area contributed by atoms with Crippen LogP contribution in [-0.2, 0) is 11.3 Å². The average molecular weight is 390 g/mol. The predicted molar refractivity (Wildman–Crippen MR) is 115 cm³/mol. The Morgan fingerprint density at radius 1 is 1.10 bits per heavy atom. The van der Waals surface area contributed by atoms with Gasteiger partial charge in [0, 0.05) is 31.4 Å². The number of pyridine rings is 1. The van der Waals surface area contributed by atoms with Gasteiger partial charge in [-0.1, -0.05) is 42.5 Å². The molecule has 1 aliphatic rings. The second-order valence-corrected chi connectivity index (χ2v) is 7.24. The van der Waals surface area contributed by atoms with Crippen molar-refractivity contribution in [1.29, 1.82) is 0 Å². The number of benzene rings is 2. The summed E-state index contributed by atoms with van der Waals surface area (Å²) in [5, 5.41) is 8.36. The molecule has 2 heterocycles. The highest BCUT2D eigenvalue weighted by molar-refractivity contribution is 5.83. The van der Waals surface area contributed by atoms with Gasteiger partial charge in [-0.05, 0) is 35.4 Å². The number of nitrogens with one attached hydrogen (secondary N) is 2. The Balaban J connectivity index is 1.37.